The monoisotopic (exact) mass is 565 g/mol. The third-order valence-corrected chi connectivity index (χ3v) is 8.05. The lowest BCUT2D eigenvalue weighted by atomic mass is 9.94. The molecule has 3 heterocycles. The van der Waals surface area contributed by atoms with Crippen LogP contribution in [0.3, 0.4) is 0 Å². The van der Waals surface area contributed by atoms with Crippen molar-refractivity contribution >= 4 is 56.4 Å². The Labute approximate surface area is 226 Å². The predicted molar refractivity (Wildman–Crippen MR) is 143 cm³/mol. The first kappa shape index (κ1) is 26.2. The average molecular weight is 566 g/mol. The third kappa shape index (κ3) is 6.34. The molecule has 1 aliphatic heterocycles. The molecule has 1 aliphatic rings. The van der Waals surface area contributed by atoms with Crippen LogP contribution in [0.1, 0.15) is 41.2 Å². The summed E-state index contributed by atoms with van der Waals surface area (Å²) in [6.07, 6.45) is 0.0317. The van der Waals surface area contributed by atoms with Crippen molar-refractivity contribution in [2.24, 2.45) is 5.92 Å². The summed E-state index contributed by atoms with van der Waals surface area (Å²) in [5, 5.41) is 8.48. The first-order valence-corrected chi connectivity index (χ1v) is 13.6. The van der Waals surface area contributed by atoms with Gasteiger partial charge in [-0.3, -0.25) is 0 Å². The summed E-state index contributed by atoms with van der Waals surface area (Å²) < 4.78 is 39.0. The van der Waals surface area contributed by atoms with Crippen LogP contribution < -0.4 is 10.6 Å². The second-order valence-electron chi connectivity index (χ2n) is 9.08. The summed E-state index contributed by atoms with van der Waals surface area (Å²) in [7, 11) is 0. The van der Waals surface area contributed by atoms with Crippen molar-refractivity contribution < 1.29 is 13.2 Å². The topological polar surface area (TPSA) is 62.7 Å². The van der Waals surface area contributed by atoms with Gasteiger partial charge in [0.1, 0.15) is 21.2 Å². The Bertz CT molecular complexity index is 1370. The molecule has 2 N–H and O–H groups in total. The summed E-state index contributed by atoms with van der Waals surface area (Å²) in [6, 6.07) is 10.2. The van der Waals surface area contributed by atoms with Gasteiger partial charge in [0.2, 0.25) is 0 Å². The van der Waals surface area contributed by atoms with Gasteiger partial charge in [0, 0.05) is 28.6 Å². The molecule has 11 heteroatoms. The lowest BCUT2D eigenvalue weighted by Gasteiger charge is -2.22. The van der Waals surface area contributed by atoms with Crippen LogP contribution in [0.2, 0.25) is 10.0 Å². The van der Waals surface area contributed by atoms with Gasteiger partial charge in [-0.2, -0.15) is 13.2 Å². The molecule has 4 aromatic rings. The normalized spacial score (nSPS) is 16.3. The van der Waals surface area contributed by atoms with Crippen molar-refractivity contribution in [3.05, 3.63) is 74.5 Å². The number of aromatic nitrogens is 3. The number of nitrogens with one attached hydrogen (secondary N) is 2. The molecule has 0 radical (unpaired) electrons. The van der Waals surface area contributed by atoms with E-state index < -0.39 is 11.7 Å². The smallest absolute Gasteiger partial charge is 0.338 e. The molecule has 37 heavy (non-hydrogen) atoms. The van der Waals surface area contributed by atoms with E-state index in [-0.39, 0.29) is 0 Å². The highest BCUT2D eigenvalue weighted by Gasteiger charge is 2.30. The fourth-order valence-electron chi connectivity index (χ4n) is 4.42. The van der Waals surface area contributed by atoms with Crippen molar-refractivity contribution in [3.8, 4) is 0 Å². The number of hydrogen-bond acceptors (Lipinski definition) is 6. The molecule has 1 fully saturated rings. The molecule has 0 amide bonds. The van der Waals surface area contributed by atoms with Crippen LogP contribution in [0, 0.1) is 5.92 Å². The molecule has 0 saturated carbocycles. The number of fused-ring (bicyclic) bond motifs is 1. The molecular formula is C26H24Cl2F3N5S. The second kappa shape index (κ2) is 11.1. The van der Waals surface area contributed by atoms with Crippen molar-refractivity contribution in [1.82, 2.24) is 20.3 Å². The minimum Gasteiger partial charge on any atom is -0.338 e. The quantitative estimate of drug-likeness (QED) is 0.240. The Hall–Kier alpha value is -2.46. The van der Waals surface area contributed by atoms with E-state index in [1.54, 1.807) is 18.2 Å². The van der Waals surface area contributed by atoms with Gasteiger partial charge in [0.25, 0.3) is 0 Å². The van der Waals surface area contributed by atoms with Crippen LogP contribution in [0.5, 0.6) is 0 Å². The second-order valence-corrected chi connectivity index (χ2v) is 11.0. The molecule has 5 rings (SSSR count). The first-order chi connectivity index (χ1) is 17.8. The zero-order valence-corrected chi connectivity index (χ0v) is 22.0. The van der Waals surface area contributed by atoms with Crippen molar-refractivity contribution in [2.75, 3.05) is 18.4 Å². The number of rotatable bonds is 7. The number of benzene rings is 2. The summed E-state index contributed by atoms with van der Waals surface area (Å²) in [4.78, 5) is 15.0. The van der Waals surface area contributed by atoms with E-state index in [0.717, 1.165) is 48.6 Å². The number of aryl methyl sites for hydroxylation is 1. The Kier molecular flexibility index (Phi) is 7.85. The van der Waals surface area contributed by atoms with Crippen molar-refractivity contribution in [2.45, 2.75) is 38.3 Å². The molecule has 5 nitrogen and oxygen atoms in total. The van der Waals surface area contributed by atoms with Crippen LogP contribution in [0.4, 0.5) is 24.7 Å². The van der Waals surface area contributed by atoms with Gasteiger partial charge < -0.3 is 10.6 Å². The molecular weight excluding hydrogens is 542 g/mol. The van der Waals surface area contributed by atoms with E-state index in [2.05, 4.69) is 10.6 Å². The minimum absolute atomic E-state index is 0.433. The number of nitrogens with zero attached hydrogens (tertiary/aromatic N) is 3. The van der Waals surface area contributed by atoms with E-state index >= 15 is 0 Å². The molecule has 2 aromatic carbocycles. The highest BCUT2D eigenvalue weighted by atomic mass is 35.5. The lowest BCUT2D eigenvalue weighted by molar-refractivity contribution is -0.137. The molecule has 1 saturated heterocycles. The average Bonchev–Trinajstić information content (AvgIpc) is 3.28. The molecule has 0 bridgehead atoms. The Morgan fingerprint density at radius 2 is 1.78 bits per heavy atom. The summed E-state index contributed by atoms with van der Waals surface area (Å²) >= 11 is 14.2. The van der Waals surface area contributed by atoms with E-state index in [9.17, 15) is 13.2 Å². The van der Waals surface area contributed by atoms with Gasteiger partial charge in [-0.1, -0.05) is 40.6 Å². The molecule has 1 atom stereocenters. The fraction of sp³-hybridized carbons (Fsp3) is 0.346. The number of hydrogen-bond donors (Lipinski definition) is 2. The van der Waals surface area contributed by atoms with Crippen molar-refractivity contribution in [1.29, 1.82) is 0 Å². The van der Waals surface area contributed by atoms with Crippen LogP contribution in [0.25, 0.3) is 10.3 Å². The zero-order chi connectivity index (χ0) is 26.0. The van der Waals surface area contributed by atoms with Crippen molar-refractivity contribution in [3.63, 3.8) is 0 Å². The summed E-state index contributed by atoms with van der Waals surface area (Å²) in [5.74, 6) is 1.71. The highest BCUT2D eigenvalue weighted by molar-refractivity contribution is 7.18. The lowest BCUT2D eigenvalue weighted by Crippen LogP contribution is -2.30. The van der Waals surface area contributed by atoms with E-state index in [1.165, 1.54) is 29.9 Å². The zero-order valence-electron chi connectivity index (χ0n) is 19.7. The Balaban J connectivity index is 1.46. The number of piperidine rings is 1. The predicted octanol–water partition coefficient (Wildman–Crippen LogP) is 7.68. The third-order valence-electron chi connectivity index (χ3n) is 6.39. The summed E-state index contributed by atoms with van der Waals surface area (Å²) in [6.45, 7) is 2.04. The number of anilines is 2. The number of halogens is 5. The number of alkyl halides is 3. The molecule has 0 spiro atoms. The van der Waals surface area contributed by atoms with E-state index in [0.29, 0.717) is 56.5 Å². The van der Waals surface area contributed by atoms with Gasteiger partial charge in [-0.15, -0.1) is 0 Å². The maximum atomic E-state index is 13.0. The van der Waals surface area contributed by atoms with Gasteiger partial charge in [-0.25, -0.2) is 15.0 Å². The van der Waals surface area contributed by atoms with E-state index in [1.807, 2.05) is 0 Å². The highest BCUT2D eigenvalue weighted by Crippen LogP contribution is 2.34. The Morgan fingerprint density at radius 3 is 2.46 bits per heavy atom. The largest absolute Gasteiger partial charge is 0.416 e. The van der Waals surface area contributed by atoms with Gasteiger partial charge in [0.05, 0.1) is 5.56 Å². The standard InChI is InChI=1S/C26H24Cl2F3N5S/c27-19-4-1-5-20(28)18(19)13-22-36-23-24(33-17-9-7-16(8-10-17)26(29,30)31)34-21(35-25(23)37-22)11-6-15-3-2-12-32-14-15/h1,4-5,7-10,15,32H,2-3,6,11-14H2,(H,33,34,35). The van der Waals surface area contributed by atoms with Gasteiger partial charge in [-0.05, 0) is 80.2 Å². The first-order valence-electron chi connectivity index (χ1n) is 12.0. The van der Waals surface area contributed by atoms with Crippen LogP contribution in [0.15, 0.2) is 42.5 Å². The minimum atomic E-state index is -4.40. The maximum Gasteiger partial charge on any atom is 0.416 e. The number of thiazole rings is 1. The molecule has 1 unspecified atom stereocenters. The van der Waals surface area contributed by atoms with Crippen LogP contribution in [-0.4, -0.2) is 28.0 Å². The van der Waals surface area contributed by atoms with E-state index in [4.69, 9.17) is 38.2 Å². The van der Waals surface area contributed by atoms with Gasteiger partial charge in [0.15, 0.2) is 5.82 Å². The fourth-order valence-corrected chi connectivity index (χ4v) is 5.92. The molecule has 0 aliphatic carbocycles. The van der Waals surface area contributed by atoms with Gasteiger partial charge >= 0.3 is 6.18 Å². The maximum absolute atomic E-state index is 13.0. The Morgan fingerprint density at radius 1 is 1.03 bits per heavy atom. The SMILES string of the molecule is FC(F)(F)c1ccc(Nc2nc(CCC3CCCNC3)nc3sc(Cc4c(Cl)cccc4Cl)nc23)cc1. The molecule has 194 valence electrons. The summed E-state index contributed by atoms with van der Waals surface area (Å²) in [5.41, 5.74) is 1.12. The van der Waals surface area contributed by atoms with Crippen LogP contribution in [-0.2, 0) is 19.0 Å². The van der Waals surface area contributed by atoms with Crippen LogP contribution >= 0.6 is 34.5 Å². The molecule has 2 aromatic heterocycles.